The Hall–Kier alpha value is -3.37. The second-order valence-corrected chi connectivity index (χ2v) is 9.11. The minimum atomic E-state index is -0.160. The molecule has 1 aliphatic rings. The average molecular weight is 463 g/mol. The second kappa shape index (κ2) is 8.77. The van der Waals surface area contributed by atoms with E-state index in [2.05, 4.69) is 26.9 Å². The molecule has 1 aliphatic heterocycles. The maximum Gasteiger partial charge on any atom is 0.258 e. The number of piperidine rings is 1. The van der Waals surface area contributed by atoms with Crippen LogP contribution < -0.4 is 10.5 Å². The largest absolute Gasteiger partial charge is 0.395 e. The highest BCUT2D eigenvalue weighted by Crippen LogP contribution is 2.23. The van der Waals surface area contributed by atoms with Crippen LogP contribution in [-0.4, -0.2) is 78.3 Å². The van der Waals surface area contributed by atoms with Crippen molar-refractivity contribution in [2.45, 2.75) is 39.7 Å². The topological polar surface area (TPSA) is 104 Å². The average Bonchev–Trinajstić information content (AvgIpc) is 3.24. The van der Waals surface area contributed by atoms with Crippen LogP contribution in [0.15, 0.2) is 29.3 Å². The highest BCUT2D eigenvalue weighted by atomic mass is 16.3. The lowest BCUT2D eigenvalue weighted by Crippen LogP contribution is -2.44. The molecule has 5 rings (SSSR count). The highest BCUT2D eigenvalue weighted by Gasteiger charge is 2.24. The van der Waals surface area contributed by atoms with E-state index in [0.29, 0.717) is 35.3 Å². The number of nitrogens with zero attached hydrogens (tertiary/aromatic N) is 8. The number of aliphatic hydroxyl groups is 1. The molecule has 10 heteroatoms. The van der Waals surface area contributed by atoms with E-state index in [9.17, 15) is 9.90 Å². The van der Waals surface area contributed by atoms with Crippen LogP contribution in [0.4, 0.5) is 5.82 Å². The zero-order valence-electron chi connectivity index (χ0n) is 20.1. The van der Waals surface area contributed by atoms with Gasteiger partial charge in [-0.2, -0.15) is 5.10 Å². The van der Waals surface area contributed by atoms with Crippen molar-refractivity contribution in [2.24, 2.45) is 0 Å². The molecule has 5 heterocycles. The number of aryl methyl sites for hydroxylation is 3. The second-order valence-electron chi connectivity index (χ2n) is 9.11. The van der Waals surface area contributed by atoms with E-state index in [-0.39, 0.29) is 12.2 Å². The fourth-order valence-corrected chi connectivity index (χ4v) is 4.81. The summed E-state index contributed by atoms with van der Waals surface area (Å²) in [6, 6.07) is 3.89. The lowest BCUT2D eigenvalue weighted by molar-refractivity contribution is 0.161. The summed E-state index contributed by atoms with van der Waals surface area (Å²) in [5, 5.41) is 13.8. The number of aromatic nitrogens is 6. The number of fused-ring (bicyclic) bond motifs is 2. The van der Waals surface area contributed by atoms with Crippen molar-refractivity contribution < 1.29 is 5.11 Å². The Morgan fingerprint density at radius 3 is 2.53 bits per heavy atom. The fraction of sp³-hybridized carbons (Fsp3) is 0.458. The molecule has 0 aliphatic carbocycles. The minimum Gasteiger partial charge on any atom is -0.395 e. The Labute approximate surface area is 197 Å². The molecule has 0 saturated carbocycles. The summed E-state index contributed by atoms with van der Waals surface area (Å²) < 4.78 is 3.37. The summed E-state index contributed by atoms with van der Waals surface area (Å²) in [7, 11) is 2.06. The third-order valence-corrected chi connectivity index (χ3v) is 6.69. The number of hydrogen-bond donors (Lipinski definition) is 1. The van der Waals surface area contributed by atoms with Gasteiger partial charge in [-0.1, -0.05) is 0 Å². The molecule has 4 aromatic rings. The van der Waals surface area contributed by atoms with E-state index < -0.39 is 0 Å². The van der Waals surface area contributed by atoms with Crippen LogP contribution in [0.1, 0.15) is 29.9 Å². The number of anilines is 1. The van der Waals surface area contributed by atoms with Crippen molar-refractivity contribution in [3.8, 4) is 11.4 Å². The summed E-state index contributed by atoms with van der Waals surface area (Å²) >= 11 is 0. The van der Waals surface area contributed by atoms with Gasteiger partial charge < -0.3 is 14.9 Å². The molecular weight excluding hydrogens is 432 g/mol. The van der Waals surface area contributed by atoms with Gasteiger partial charge in [-0.25, -0.2) is 14.5 Å². The van der Waals surface area contributed by atoms with Crippen molar-refractivity contribution >= 4 is 17.0 Å². The van der Waals surface area contributed by atoms with Gasteiger partial charge in [0.2, 0.25) is 0 Å². The molecule has 1 fully saturated rings. The van der Waals surface area contributed by atoms with E-state index >= 15 is 0 Å². The van der Waals surface area contributed by atoms with Gasteiger partial charge in [0.1, 0.15) is 11.5 Å². The van der Waals surface area contributed by atoms with E-state index in [1.54, 1.807) is 15.1 Å². The molecule has 178 valence electrons. The normalized spacial score (nSPS) is 15.2. The quantitative estimate of drug-likeness (QED) is 0.477. The molecule has 4 aromatic heterocycles. The minimum absolute atomic E-state index is 0.160. The van der Waals surface area contributed by atoms with Crippen LogP contribution in [0, 0.1) is 20.8 Å². The summed E-state index contributed by atoms with van der Waals surface area (Å²) in [5.74, 6) is 0.787. The van der Waals surface area contributed by atoms with Gasteiger partial charge in [0.05, 0.1) is 47.3 Å². The summed E-state index contributed by atoms with van der Waals surface area (Å²) in [6.45, 7) is 8.32. The first-order valence-corrected chi connectivity index (χ1v) is 11.6. The van der Waals surface area contributed by atoms with Gasteiger partial charge in [0.25, 0.3) is 5.56 Å². The Kier molecular flexibility index (Phi) is 5.78. The SMILES string of the molecule is Cc1cn2nc(-c3cc(=O)n4cc(N5CCC(N(C)CCO)CC5)nc(C)c4n3)cc2c(C)n1. The first-order chi connectivity index (χ1) is 16.3. The molecule has 10 nitrogen and oxygen atoms in total. The van der Waals surface area contributed by atoms with Gasteiger partial charge in [-0.15, -0.1) is 0 Å². The van der Waals surface area contributed by atoms with E-state index in [0.717, 1.165) is 48.7 Å². The van der Waals surface area contributed by atoms with Crippen molar-refractivity contribution in [1.29, 1.82) is 0 Å². The Bertz CT molecular complexity index is 1420. The Morgan fingerprint density at radius 2 is 1.79 bits per heavy atom. The van der Waals surface area contributed by atoms with Crippen molar-refractivity contribution in [2.75, 3.05) is 38.2 Å². The third-order valence-electron chi connectivity index (χ3n) is 6.69. The van der Waals surface area contributed by atoms with Crippen LogP contribution >= 0.6 is 0 Å². The predicted molar refractivity (Wildman–Crippen MR) is 130 cm³/mol. The number of hydrogen-bond acceptors (Lipinski definition) is 8. The summed E-state index contributed by atoms with van der Waals surface area (Å²) in [5.41, 5.74) is 4.88. The van der Waals surface area contributed by atoms with Crippen LogP contribution in [0.25, 0.3) is 22.6 Å². The highest BCUT2D eigenvalue weighted by molar-refractivity contribution is 5.66. The lowest BCUT2D eigenvalue weighted by Gasteiger charge is -2.37. The molecule has 0 spiro atoms. The van der Waals surface area contributed by atoms with Crippen LogP contribution in [0.3, 0.4) is 0 Å². The maximum absolute atomic E-state index is 13.1. The fourth-order valence-electron chi connectivity index (χ4n) is 4.81. The summed E-state index contributed by atoms with van der Waals surface area (Å²) in [6.07, 6.45) is 5.63. The molecule has 0 radical (unpaired) electrons. The first kappa shape index (κ1) is 22.4. The third kappa shape index (κ3) is 4.03. The van der Waals surface area contributed by atoms with E-state index in [4.69, 9.17) is 9.97 Å². The van der Waals surface area contributed by atoms with Crippen LogP contribution in [0.5, 0.6) is 0 Å². The molecule has 1 N–H and O–H groups in total. The molecule has 0 atom stereocenters. The van der Waals surface area contributed by atoms with E-state index in [1.165, 1.54) is 6.07 Å². The van der Waals surface area contributed by atoms with Crippen molar-refractivity contribution in [3.63, 3.8) is 0 Å². The Balaban J connectivity index is 1.47. The molecule has 0 aromatic carbocycles. The zero-order valence-corrected chi connectivity index (χ0v) is 20.1. The van der Waals surface area contributed by atoms with Gasteiger partial charge in [0.15, 0.2) is 5.65 Å². The van der Waals surface area contributed by atoms with E-state index in [1.807, 2.05) is 33.0 Å². The van der Waals surface area contributed by atoms with Crippen molar-refractivity contribution in [1.82, 2.24) is 33.9 Å². The van der Waals surface area contributed by atoms with Gasteiger partial charge in [0, 0.05) is 31.7 Å². The van der Waals surface area contributed by atoms with Crippen LogP contribution in [0.2, 0.25) is 0 Å². The number of rotatable bonds is 5. The molecule has 1 saturated heterocycles. The number of aliphatic hydroxyl groups excluding tert-OH is 1. The van der Waals surface area contributed by atoms with Gasteiger partial charge in [-0.3, -0.25) is 14.2 Å². The standard InChI is InChI=1S/C24H30N8O2/c1-15-13-32-21(16(2)25-15)11-20(28-32)19-12-23(34)31-14-22(26-17(3)24(31)27-19)30-7-5-18(6-8-30)29(4)9-10-33/h11-14,18,33H,5-10H2,1-4H3. The molecule has 0 amide bonds. The van der Waals surface area contributed by atoms with Gasteiger partial charge in [-0.05, 0) is 46.7 Å². The Morgan fingerprint density at radius 1 is 1.03 bits per heavy atom. The smallest absolute Gasteiger partial charge is 0.258 e. The molecule has 0 bridgehead atoms. The monoisotopic (exact) mass is 462 g/mol. The maximum atomic E-state index is 13.1. The summed E-state index contributed by atoms with van der Waals surface area (Å²) in [4.78, 5) is 31.6. The van der Waals surface area contributed by atoms with Gasteiger partial charge >= 0.3 is 0 Å². The molecular formula is C24H30N8O2. The first-order valence-electron chi connectivity index (χ1n) is 11.6. The number of likely N-dealkylation sites (N-methyl/N-ethyl adjacent to an activating group) is 1. The molecule has 34 heavy (non-hydrogen) atoms. The lowest BCUT2D eigenvalue weighted by atomic mass is 10.0. The molecule has 0 unspecified atom stereocenters. The van der Waals surface area contributed by atoms with Crippen LogP contribution in [-0.2, 0) is 0 Å². The zero-order chi connectivity index (χ0) is 24.0. The predicted octanol–water partition coefficient (Wildman–Crippen LogP) is 1.62. The van der Waals surface area contributed by atoms with Crippen molar-refractivity contribution in [3.05, 3.63) is 52.0 Å².